The van der Waals surface area contributed by atoms with Gasteiger partial charge in [-0.15, -0.1) is 0 Å². The highest BCUT2D eigenvalue weighted by atomic mass is 16.2. The zero-order valence-electron chi connectivity index (χ0n) is 11.1. The number of anilines is 2. The highest BCUT2D eigenvalue weighted by Gasteiger charge is 2.37. The summed E-state index contributed by atoms with van der Waals surface area (Å²) in [5.74, 6) is 0.265. The van der Waals surface area contributed by atoms with Gasteiger partial charge in [-0.05, 0) is 37.1 Å². The molecule has 1 saturated carbocycles. The summed E-state index contributed by atoms with van der Waals surface area (Å²) in [5.41, 5.74) is 0.795. The molecule has 6 heteroatoms. The summed E-state index contributed by atoms with van der Waals surface area (Å²) in [6.45, 7) is 0. The van der Waals surface area contributed by atoms with Gasteiger partial charge in [-0.1, -0.05) is 0 Å². The van der Waals surface area contributed by atoms with Gasteiger partial charge >= 0.3 is 0 Å². The van der Waals surface area contributed by atoms with Gasteiger partial charge in [-0.2, -0.15) is 0 Å². The fourth-order valence-electron chi connectivity index (χ4n) is 2.55. The average molecular weight is 280 g/mol. The van der Waals surface area contributed by atoms with Gasteiger partial charge in [0.05, 0.1) is 11.1 Å². The molecule has 1 aliphatic carbocycles. The number of imide groups is 1. The van der Waals surface area contributed by atoms with Gasteiger partial charge in [0, 0.05) is 18.4 Å². The van der Waals surface area contributed by atoms with Crippen LogP contribution in [0.4, 0.5) is 11.6 Å². The molecule has 0 aromatic carbocycles. The molecule has 0 spiro atoms. The SMILES string of the molecule is O=C1NC(=O)c2cccnc2N(C2CC2)c2ncccc21. The minimum absolute atomic E-state index is 0.242. The lowest BCUT2D eigenvalue weighted by Crippen LogP contribution is -2.37. The minimum Gasteiger partial charge on any atom is -0.307 e. The van der Waals surface area contributed by atoms with Gasteiger partial charge < -0.3 is 4.90 Å². The number of pyridine rings is 2. The van der Waals surface area contributed by atoms with Crippen molar-refractivity contribution in [3.05, 3.63) is 47.8 Å². The van der Waals surface area contributed by atoms with E-state index in [1.807, 2.05) is 4.90 Å². The monoisotopic (exact) mass is 280 g/mol. The molecule has 4 rings (SSSR count). The minimum atomic E-state index is -0.428. The molecule has 2 aromatic rings. The van der Waals surface area contributed by atoms with Crippen molar-refractivity contribution >= 4 is 23.5 Å². The van der Waals surface area contributed by atoms with Crippen LogP contribution in [-0.2, 0) is 0 Å². The zero-order valence-corrected chi connectivity index (χ0v) is 11.1. The lowest BCUT2D eigenvalue weighted by Gasteiger charge is -2.27. The second kappa shape index (κ2) is 4.37. The highest BCUT2D eigenvalue weighted by molar-refractivity contribution is 6.15. The Morgan fingerprint density at radius 2 is 1.48 bits per heavy atom. The lowest BCUT2D eigenvalue weighted by molar-refractivity contribution is 0.0848. The molecule has 0 saturated heterocycles. The maximum absolute atomic E-state index is 12.2. The largest absolute Gasteiger partial charge is 0.307 e. The first-order chi connectivity index (χ1) is 10.3. The first-order valence-corrected chi connectivity index (χ1v) is 6.80. The van der Waals surface area contributed by atoms with Crippen molar-refractivity contribution in [2.45, 2.75) is 18.9 Å². The lowest BCUT2D eigenvalue weighted by atomic mass is 10.1. The second-order valence-electron chi connectivity index (χ2n) is 5.13. The first kappa shape index (κ1) is 12.0. The number of hydrogen-bond acceptors (Lipinski definition) is 5. The summed E-state index contributed by atoms with van der Waals surface area (Å²) < 4.78 is 0. The number of carbonyl (C=O) groups is 2. The number of amides is 2. The fraction of sp³-hybridized carbons (Fsp3) is 0.200. The average Bonchev–Trinajstić information content (AvgIpc) is 3.32. The fourth-order valence-corrected chi connectivity index (χ4v) is 2.55. The summed E-state index contributed by atoms with van der Waals surface area (Å²) in [6.07, 6.45) is 5.30. The topological polar surface area (TPSA) is 75.2 Å². The molecular weight excluding hydrogens is 268 g/mol. The molecule has 2 aliphatic rings. The Morgan fingerprint density at radius 3 is 1.95 bits per heavy atom. The summed E-state index contributed by atoms with van der Waals surface area (Å²) in [7, 11) is 0. The van der Waals surface area contributed by atoms with Crippen LogP contribution in [-0.4, -0.2) is 27.8 Å². The smallest absolute Gasteiger partial charge is 0.261 e. The number of aromatic nitrogens is 2. The Labute approximate surface area is 120 Å². The van der Waals surface area contributed by atoms with Crippen LogP contribution in [0.1, 0.15) is 33.6 Å². The van der Waals surface area contributed by atoms with E-state index >= 15 is 0 Å². The molecule has 1 aliphatic heterocycles. The quantitative estimate of drug-likeness (QED) is 0.804. The predicted molar refractivity (Wildman–Crippen MR) is 75.4 cm³/mol. The van der Waals surface area contributed by atoms with Gasteiger partial charge in [-0.25, -0.2) is 9.97 Å². The number of rotatable bonds is 1. The van der Waals surface area contributed by atoms with Gasteiger partial charge in [0.1, 0.15) is 11.6 Å². The predicted octanol–water partition coefficient (Wildman–Crippen LogP) is 1.66. The molecule has 0 radical (unpaired) electrons. The van der Waals surface area contributed by atoms with Crippen LogP contribution in [0.5, 0.6) is 0 Å². The van der Waals surface area contributed by atoms with Crippen LogP contribution >= 0.6 is 0 Å². The number of hydrogen-bond donors (Lipinski definition) is 1. The van der Waals surface area contributed by atoms with E-state index < -0.39 is 11.8 Å². The third-order valence-corrected chi connectivity index (χ3v) is 3.66. The molecule has 3 heterocycles. The van der Waals surface area contributed by atoms with Crippen molar-refractivity contribution < 1.29 is 9.59 Å². The van der Waals surface area contributed by atoms with Crippen LogP contribution in [0.2, 0.25) is 0 Å². The summed E-state index contributed by atoms with van der Waals surface area (Å²) in [4.78, 5) is 35.1. The molecule has 6 nitrogen and oxygen atoms in total. The standard InChI is InChI=1S/C15H12N4O2/c20-14-10-3-1-7-16-12(10)19(9-5-6-9)13-11(15(21)18-14)4-2-8-17-13/h1-4,7-9H,5-6H2,(H,18,20,21). The molecule has 2 aromatic heterocycles. The van der Waals surface area contributed by atoms with E-state index in [2.05, 4.69) is 15.3 Å². The molecule has 0 atom stereocenters. The number of nitrogens with zero attached hydrogens (tertiary/aromatic N) is 3. The van der Waals surface area contributed by atoms with Gasteiger partial charge in [0.2, 0.25) is 0 Å². The van der Waals surface area contributed by atoms with Crippen LogP contribution < -0.4 is 10.2 Å². The molecule has 0 unspecified atom stereocenters. The van der Waals surface area contributed by atoms with Gasteiger partial charge in [0.15, 0.2) is 0 Å². The van der Waals surface area contributed by atoms with Crippen molar-refractivity contribution in [2.24, 2.45) is 0 Å². The Kier molecular flexibility index (Phi) is 2.50. The Morgan fingerprint density at radius 1 is 0.952 bits per heavy atom. The third kappa shape index (κ3) is 1.87. The Hall–Kier alpha value is -2.76. The summed E-state index contributed by atoms with van der Waals surface area (Å²) >= 11 is 0. The maximum Gasteiger partial charge on any atom is 0.261 e. The van der Waals surface area contributed by atoms with E-state index in [9.17, 15) is 9.59 Å². The van der Waals surface area contributed by atoms with Crippen molar-refractivity contribution in [3.63, 3.8) is 0 Å². The van der Waals surface area contributed by atoms with E-state index in [4.69, 9.17) is 0 Å². The van der Waals surface area contributed by atoms with E-state index in [-0.39, 0.29) is 6.04 Å². The molecule has 21 heavy (non-hydrogen) atoms. The van der Waals surface area contributed by atoms with Crippen LogP contribution in [0.3, 0.4) is 0 Å². The maximum atomic E-state index is 12.2. The van der Waals surface area contributed by atoms with E-state index in [1.165, 1.54) is 0 Å². The van der Waals surface area contributed by atoms with Crippen LogP contribution in [0.15, 0.2) is 36.7 Å². The molecule has 104 valence electrons. The summed E-state index contributed by atoms with van der Waals surface area (Å²) in [5, 5.41) is 2.39. The Balaban J connectivity index is 1.99. The molecular formula is C15H12N4O2. The zero-order chi connectivity index (χ0) is 14.4. The Bertz CT molecular complexity index is 697. The van der Waals surface area contributed by atoms with Crippen molar-refractivity contribution in [3.8, 4) is 0 Å². The van der Waals surface area contributed by atoms with Crippen molar-refractivity contribution in [1.82, 2.24) is 15.3 Å². The molecule has 1 N–H and O–H groups in total. The third-order valence-electron chi connectivity index (χ3n) is 3.66. The number of carbonyl (C=O) groups excluding carboxylic acids is 2. The van der Waals surface area contributed by atoms with Gasteiger partial charge in [0.25, 0.3) is 11.8 Å². The number of nitrogens with one attached hydrogen (secondary N) is 1. The van der Waals surface area contributed by atoms with Crippen LogP contribution in [0, 0.1) is 0 Å². The van der Waals surface area contributed by atoms with Gasteiger partial charge in [-0.3, -0.25) is 14.9 Å². The normalized spacial score (nSPS) is 17.4. The van der Waals surface area contributed by atoms with E-state index in [0.717, 1.165) is 12.8 Å². The van der Waals surface area contributed by atoms with E-state index in [1.54, 1.807) is 36.7 Å². The van der Waals surface area contributed by atoms with Crippen LogP contribution in [0.25, 0.3) is 0 Å². The van der Waals surface area contributed by atoms with Crippen molar-refractivity contribution in [1.29, 1.82) is 0 Å². The molecule has 0 bridgehead atoms. The first-order valence-electron chi connectivity index (χ1n) is 6.80. The molecule has 2 amide bonds. The highest BCUT2D eigenvalue weighted by Crippen LogP contribution is 2.39. The summed E-state index contributed by atoms with van der Waals surface area (Å²) in [6, 6.07) is 6.97. The van der Waals surface area contributed by atoms with E-state index in [0.29, 0.717) is 22.8 Å². The number of fused-ring (bicyclic) bond motifs is 2. The van der Waals surface area contributed by atoms with Crippen molar-refractivity contribution in [2.75, 3.05) is 4.90 Å². The second-order valence-corrected chi connectivity index (χ2v) is 5.13. The molecule has 1 fully saturated rings.